The molecule has 2 nitrogen and oxygen atoms in total. The van der Waals surface area contributed by atoms with Crippen LogP contribution in [0.1, 0.15) is 47.8 Å². The van der Waals surface area contributed by atoms with Gasteiger partial charge in [0.25, 0.3) is 0 Å². The molecule has 0 aliphatic rings. The van der Waals surface area contributed by atoms with E-state index in [-0.39, 0.29) is 5.92 Å². The molecule has 0 saturated carbocycles. The Morgan fingerprint density at radius 1 is 1.00 bits per heavy atom. The summed E-state index contributed by atoms with van der Waals surface area (Å²) in [5.74, 6) is 0.873. The number of halogens is 2. The van der Waals surface area contributed by atoms with Gasteiger partial charge in [-0.05, 0) is 36.5 Å². The lowest BCUT2D eigenvalue weighted by Gasteiger charge is -2.11. The zero-order chi connectivity index (χ0) is 14.9. The molecule has 0 amide bonds. The second-order valence-electron chi connectivity index (χ2n) is 5.39. The number of aromatic nitrogens is 2. The molecule has 0 bridgehead atoms. The molecule has 1 heterocycles. The SMILES string of the molecule is Cc1ccc(Cc2nc(Cl)c(C(C)C)c(Cl)n2)cc1C. The first kappa shape index (κ1) is 15.3. The molecule has 2 aromatic rings. The van der Waals surface area contributed by atoms with Gasteiger partial charge in [-0.1, -0.05) is 55.2 Å². The van der Waals surface area contributed by atoms with Crippen LogP contribution in [0.3, 0.4) is 0 Å². The van der Waals surface area contributed by atoms with Gasteiger partial charge in [-0.3, -0.25) is 0 Å². The molecule has 0 spiro atoms. The Morgan fingerprint density at radius 2 is 1.60 bits per heavy atom. The Kier molecular flexibility index (Phi) is 4.66. The third kappa shape index (κ3) is 3.31. The predicted octanol–water partition coefficient (Wildman–Crippen LogP) is 5.11. The fourth-order valence-corrected chi connectivity index (χ4v) is 2.97. The van der Waals surface area contributed by atoms with Crippen LogP contribution < -0.4 is 0 Å². The molecule has 0 atom stereocenters. The van der Waals surface area contributed by atoms with Crippen LogP contribution in [-0.2, 0) is 6.42 Å². The second kappa shape index (κ2) is 6.11. The van der Waals surface area contributed by atoms with Crippen molar-refractivity contribution in [2.24, 2.45) is 0 Å². The van der Waals surface area contributed by atoms with E-state index in [0.29, 0.717) is 22.6 Å². The average Bonchev–Trinajstić information content (AvgIpc) is 2.32. The topological polar surface area (TPSA) is 25.8 Å². The minimum Gasteiger partial charge on any atom is -0.220 e. The van der Waals surface area contributed by atoms with Gasteiger partial charge in [0.15, 0.2) is 0 Å². The van der Waals surface area contributed by atoms with Gasteiger partial charge in [-0.15, -0.1) is 0 Å². The van der Waals surface area contributed by atoms with Gasteiger partial charge in [0, 0.05) is 12.0 Å². The van der Waals surface area contributed by atoms with E-state index in [9.17, 15) is 0 Å². The number of aryl methyl sites for hydroxylation is 2. The summed E-state index contributed by atoms with van der Waals surface area (Å²) in [4.78, 5) is 8.74. The number of hydrogen-bond donors (Lipinski definition) is 0. The van der Waals surface area contributed by atoms with Gasteiger partial charge in [0.05, 0.1) is 0 Å². The summed E-state index contributed by atoms with van der Waals surface area (Å²) in [6.07, 6.45) is 0.638. The van der Waals surface area contributed by atoms with Crippen LogP contribution in [0.5, 0.6) is 0 Å². The van der Waals surface area contributed by atoms with E-state index in [1.807, 2.05) is 13.8 Å². The van der Waals surface area contributed by atoms with Crippen LogP contribution in [0.15, 0.2) is 18.2 Å². The molecule has 0 N–H and O–H groups in total. The fraction of sp³-hybridized carbons (Fsp3) is 0.375. The van der Waals surface area contributed by atoms with Gasteiger partial charge >= 0.3 is 0 Å². The highest BCUT2D eigenvalue weighted by Gasteiger charge is 2.14. The van der Waals surface area contributed by atoms with Crippen molar-refractivity contribution < 1.29 is 0 Å². The summed E-state index contributed by atoms with van der Waals surface area (Å²) in [5, 5.41) is 0.915. The van der Waals surface area contributed by atoms with E-state index in [1.54, 1.807) is 0 Å². The third-order valence-corrected chi connectivity index (χ3v) is 3.99. The van der Waals surface area contributed by atoms with Crippen LogP contribution in [0, 0.1) is 13.8 Å². The maximum Gasteiger partial charge on any atom is 0.137 e. The minimum absolute atomic E-state index is 0.214. The molecule has 20 heavy (non-hydrogen) atoms. The molecule has 0 saturated heterocycles. The molecule has 0 unspecified atom stereocenters. The van der Waals surface area contributed by atoms with E-state index in [1.165, 1.54) is 11.1 Å². The standard InChI is InChI=1S/C16H18Cl2N2/c1-9(2)14-15(17)19-13(20-16(14)18)8-12-6-5-10(3)11(4)7-12/h5-7,9H,8H2,1-4H3. The summed E-state index contributed by atoms with van der Waals surface area (Å²) in [7, 11) is 0. The molecule has 0 aliphatic heterocycles. The lowest BCUT2D eigenvalue weighted by atomic mass is 10.0. The monoisotopic (exact) mass is 308 g/mol. The van der Waals surface area contributed by atoms with E-state index in [4.69, 9.17) is 23.2 Å². The molecule has 1 aromatic carbocycles. The van der Waals surface area contributed by atoms with Crippen molar-refractivity contribution in [2.75, 3.05) is 0 Å². The van der Waals surface area contributed by atoms with Crippen LogP contribution in [0.25, 0.3) is 0 Å². The summed E-state index contributed by atoms with van der Waals surface area (Å²) in [6.45, 7) is 8.25. The molecule has 4 heteroatoms. The van der Waals surface area contributed by atoms with Crippen molar-refractivity contribution in [1.82, 2.24) is 9.97 Å². The van der Waals surface area contributed by atoms with Gasteiger partial charge < -0.3 is 0 Å². The van der Waals surface area contributed by atoms with E-state index in [2.05, 4.69) is 42.0 Å². The normalized spacial score (nSPS) is 11.2. The zero-order valence-corrected chi connectivity index (χ0v) is 13.7. The quantitative estimate of drug-likeness (QED) is 0.736. The predicted molar refractivity (Wildman–Crippen MR) is 84.9 cm³/mol. The molecule has 0 radical (unpaired) electrons. The smallest absolute Gasteiger partial charge is 0.137 e. The maximum absolute atomic E-state index is 6.22. The Labute approximate surface area is 130 Å². The summed E-state index contributed by atoms with van der Waals surface area (Å²) in [6, 6.07) is 6.34. The van der Waals surface area contributed by atoms with Crippen molar-refractivity contribution in [3.05, 3.63) is 56.6 Å². The van der Waals surface area contributed by atoms with Crippen molar-refractivity contribution in [3.63, 3.8) is 0 Å². The Bertz CT molecular complexity index is 613. The minimum atomic E-state index is 0.214. The van der Waals surface area contributed by atoms with Gasteiger partial charge in [0.1, 0.15) is 16.1 Å². The highest BCUT2D eigenvalue weighted by molar-refractivity contribution is 6.34. The number of rotatable bonds is 3. The van der Waals surface area contributed by atoms with Gasteiger partial charge in [0.2, 0.25) is 0 Å². The molecule has 0 fully saturated rings. The van der Waals surface area contributed by atoms with E-state index >= 15 is 0 Å². The largest absolute Gasteiger partial charge is 0.220 e. The third-order valence-electron chi connectivity index (χ3n) is 3.41. The van der Waals surface area contributed by atoms with E-state index < -0.39 is 0 Å². The van der Waals surface area contributed by atoms with E-state index in [0.717, 1.165) is 11.1 Å². The Hall–Kier alpha value is -1.12. The van der Waals surface area contributed by atoms with Crippen LogP contribution in [0.4, 0.5) is 0 Å². The first-order valence-corrected chi connectivity index (χ1v) is 7.42. The summed E-state index contributed by atoms with van der Waals surface area (Å²) >= 11 is 12.4. The molecular weight excluding hydrogens is 291 g/mol. The molecular formula is C16H18Cl2N2. The second-order valence-corrected chi connectivity index (χ2v) is 6.10. The average molecular weight is 309 g/mol. The highest BCUT2D eigenvalue weighted by Crippen LogP contribution is 2.29. The molecule has 1 aromatic heterocycles. The maximum atomic E-state index is 6.22. The number of nitrogens with zero attached hydrogens (tertiary/aromatic N) is 2. The Morgan fingerprint density at radius 3 is 2.10 bits per heavy atom. The fourth-order valence-electron chi connectivity index (χ4n) is 2.11. The highest BCUT2D eigenvalue weighted by atomic mass is 35.5. The molecule has 106 valence electrons. The van der Waals surface area contributed by atoms with Crippen LogP contribution in [0.2, 0.25) is 10.3 Å². The first-order chi connectivity index (χ1) is 9.38. The lowest BCUT2D eigenvalue weighted by molar-refractivity contribution is 0.830. The Balaban J connectivity index is 2.32. The van der Waals surface area contributed by atoms with Crippen LogP contribution in [-0.4, -0.2) is 9.97 Å². The number of benzene rings is 1. The van der Waals surface area contributed by atoms with Crippen molar-refractivity contribution in [3.8, 4) is 0 Å². The first-order valence-electron chi connectivity index (χ1n) is 6.66. The summed E-state index contributed by atoms with van der Waals surface area (Å²) in [5.41, 5.74) is 4.52. The van der Waals surface area contributed by atoms with Crippen LogP contribution >= 0.6 is 23.2 Å². The zero-order valence-electron chi connectivity index (χ0n) is 12.2. The molecule has 0 aliphatic carbocycles. The summed E-state index contributed by atoms with van der Waals surface area (Å²) < 4.78 is 0. The molecule has 2 rings (SSSR count). The van der Waals surface area contributed by atoms with Crippen molar-refractivity contribution >= 4 is 23.2 Å². The van der Waals surface area contributed by atoms with Crippen molar-refractivity contribution in [2.45, 2.75) is 40.0 Å². The van der Waals surface area contributed by atoms with Gasteiger partial charge in [-0.25, -0.2) is 9.97 Å². The lowest BCUT2D eigenvalue weighted by Crippen LogP contribution is -2.03. The van der Waals surface area contributed by atoms with Crippen molar-refractivity contribution in [1.29, 1.82) is 0 Å². The van der Waals surface area contributed by atoms with Gasteiger partial charge in [-0.2, -0.15) is 0 Å². The number of hydrogen-bond acceptors (Lipinski definition) is 2.